The highest BCUT2D eigenvalue weighted by molar-refractivity contribution is 5.17. The summed E-state index contributed by atoms with van der Waals surface area (Å²) < 4.78 is 19.2. The normalized spacial score (nSPS) is 27.5. The summed E-state index contributed by atoms with van der Waals surface area (Å²) in [5.41, 5.74) is 1.36. The summed E-state index contributed by atoms with van der Waals surface area (Å²) in [7, 11) is 0. The Morgan fingerprint density at radius 2 is 2.10 bits per heavy atom. The van der Waals surface area contributed by atoms with Crippen molar-refractivity contribution in [2.45, 2.75) is 64.1 Å². The smallest absolute Gasteiger partial charge is 0.123 e. The number of ether oxygens (including phenoxy) is 1. The number of halogens is 1. The van der Waals surface area contributed by atoms with Gasteiger partial charge in [0.1, 0.15) is 5.82 Å². The summed E-state index contributed by atoms with van der Waals surface area (Å²) in [4.78, 5) is 0. The van der Waals surface area contributed by atoms with E-state index in [0.29, 0.717) is 17.6 Å². The molecule has 1 N–H and O–H groups in total. The molecule has 1 aromatic rings. The third kappa shape index (κ3) is 3.00. The molecule has 2 aliphatic carbocycles. The maximum atomic E-state index is 13.3. The van der Waals surface area contributed by atoms with E-state index in [0.717, 1.165) is 25.1 Å². The highest BCUT2D eigenvalue weighted by Gasteiger charge is 2.55. The zero-order valence-corrected chi connectivity index (χ0v) is 12.9. The van der Waals surface area contributed by atoms with Crippen molar-refractivity contribution >= 4 is 0 Å². The lowest BCUT2D eigenvalue weighted by Crippen LogP contribution is -2.64. The van der Waals surface area contributed by atoms with Crippen LogP contribution in [0.3, 0.4) is 0 Å². The van der Waals surface area contributed by atoms with Crippen molar-refractivity contribution in [1.82, 2.24) is 5.32 Å². The van der Waals surface area contributed by atoms with E-state index >= 15 is 0 Å². The van der Waals surface area contributed by atoms with Crippen molar-refractivity contribution in [2.75, 3.05) is 6.61 Å². The Morgan fingerprint density at radius 1 is 1.29 bits per heavy atom. The maximum Gasteiger partial charge on any atom is 0.123 e. The first-order valence-electron chi connectivity index (χ1n) is 8.34. The van der Waals surface area contributed by atoms with Gasteiger partial charge in [0.15, 0.2) is 0 Å². The quantitative estimate of drug-likeness (QED) is 0.884. The van der Waals surface area contributed by atoms with Crippen molar-refractivity contribution < 1.29 is 9.13 Å². The Labute approximate surface area is 127 Å². The first kappa shape index (κ1) is 15.0. The molecular formula is C18H26FNO. The summed E-state index contributed by atoms with van der Waals surface area (Å²) in [5.74, 6) is -0.150. The minimum Gasteiger partial charge on any atom is -0.378 e. The fraction of sp³-hybridized carbons (Fsp3) is 0.667. The molecule has 0 heterocycles. The molecule has 1 aromatic carbocycles. The highest BCUT2D eigenvalue weighted by Crippen LogP contribution is 2.53. The Balaban J connectivity index is 1.62. The van der Waals surface area contributed by atoms with Crippen LogP contribution in [0.25, 0.3) is 0 Å². The molecule has 0 radical (unpaired) electrons. The summed E-state index contributed by atoms with van der Waals surface area (Å²) in [6.07, 6.45) is 8.08. The number of hydrogen-bond donors (Lipinski definition) is 1. The van der Waals surface area contributed by atoms with Crippen molar-refractivity contribution in [1.29, 1.82) is 0 Å². The van der Waals surface area contributed by atoms with Gasteiger partial charge in [-0.2, -0.15) is 0 Å². The third-order valence-electron chi connectivity index (χ3n) is 5.38. The van der Waals surface area contributed by atoms with E-state index in [-0.39, 0.29) is 5.82 Å². The lowest BCUT2D eigenvalue weighted by molar-refractivity contribution is -0.150. The number of nitrogens with one attached hydrogen (secondary N) is 1. The molecule has 2 unspecified atom stereocenters. The number of hydrogen-bond acceptors (Lipinski definition) is 2. The van der Waals surface area contributed by atoms with Crippen molar-refractivity contribution in [3.63, 3.8) is 0 Å². The Bertz CT molecular complexity index is 470. The van der Waals surface area contributed by atoms with Gasteiger partial charge in [-0.3, -0.25) is 0 Å². The predicted octanol–water partition coefficient (Wildman–Crippen LogP) is 4.04. The standard InChI is InChI=1S/C18H26FNO/c1-2-21-17-12-16(18(17)9-4-3-5-10-18)20-13-14-7-6-8-15(19)11-14/h6-8,11,16-17,20H,2-5,9-10,12-13H2,1H3. The lowest BCUT2D eigenvalue weighted by atomic mass is 9.55. The molecule has 2 nitrogen and oxygen atoms in total. The van der Waals surface area contributed by atoms with Gasteiger partial charge in [0.05, 0.1) is 6.10 Å². The fourth-order valence-electron chi connectivity index (χ4n) is 4.24. The van der Waals surface area contributed by atoms with Gasteiger partial charge in [-0.25, -0.2) is 4.39 Å². The van der Waals surface area contributed by atoms with Crippen LogP contribution < -0.4 is 5.32 Å². The monoisotopic (exact) mass is 291 g/mol. The van der Waals surface area contributed by atoms with Crippen LogP contribution in [0.5, 0.6) is 0 Å². The van der Waals surface area contributed by atoms with Crippen molar-refractivity contribution in [2.24, 2.45) is 5.41 Å². The zero-order valence-electron chi connectivity index (χ0n) is 12.9. The van der Waals surface area contributed by atoms with E-state index in [2.05, 4.69) is 12.2 Å². The minimum atomic E-state index is -0.150. The molecule has 0 saturated heterocycles. The van der Waals surface area contributed by atoms with Gasteiger partial charge < -0.3 is 10.1 Å². The van der Waals surface area contributed by atoms with Crippen LogP contribution in [0, 0.1) is 11.2 Å². The topological polar surface area (TPSA) is 21.3 Å². The molecule has 2 fully saturated rings. The van der Waals surface area contributed by atoms with E-state index in [1.54, 1.807) is 12.1 Å². The van der Waals surface area contributed by atoms with E-state index in [9.17, 15) is 4.39 Å². The van der Waals surface area contributed by atoms with Crippen molar-refractivity contribution in [3.8, 4) is 0 Å². The third-order valence-corrected chi connectivity index (χ3v) is 5.38. The molecule has 1 spiro atoms. The van der Waals surface area contributed by atoms with Gasteiger partial charge in [0.25, 0.3) is 0 Å². The predicted molar refractivity (Wildman–Crippen MR) is 82.6 cm³/mol. The number of rotatable bonds is 5. The van der Waals surface area contributed by atoms with Crippen LogP contribution in [-0.2, 0) is 11.3 Å². The minimum absolute atomic E-state index is 0.150. The molecule has 2 atom stereocenters. The number of benzene rings is 1. The average Bonchev–Trinajstić information content (AvgIpc) is 2.51. The Kier molecular flexibility index (Phi) is 4.60. The van der Waals surface area contributed by atoms with E-state index in [1.165, 1.54) is 38.2 Å². The molecule has 2 saturated carbocycles. The Morgan fingerprint density at radius 3 is 2.81 bits per heavy atom. The van der Waals surface area contributed by atoms with Crippen LogP contribution in [-0.4, -0.2) is 18.8 Å². The van der Waals surface area contributed by atoms with Crippen LogP contribution in [0.1, 0.15) is 51.0 Å². The summed E-state index contributed by atoms with van der Waals surface area (Å²) in [6, 6.07) is 7.42. The zero-order chi connectivity index (χ0) is 14.7. The Hall–Kier alpha value is -0.930. The van der Waals surface area contributed by atoms with Crippen LogP contribution in [0.2, 0.25) is 0 Å². The molecular weight excluding hydrogens is 265 g/mol. The second-order valence-electron chi connectivity index (χ2n) is 6.54. The second kappa shape index (κ2) is 6.45. The SMILES string of the molecule is CCOC1CC(NCc2cccc(F)c2)C12CCCCC2. The van der Waals surface area contributed by atoms with Gasteiger partial charge in [-0.1, -0.05) is 31.4 Å². The molecule has 3 heteroatoms. The summed E-state index contributed by atoms with van der Waals surface area (Å²) in [6.45, 7) is 3.65. The van der Waals surface area contributed by atoms with Gasteiger partial charge in [-0.05, 0) is 43.9 Å². The first-order valence-corrected chi connectivity index (χ1v) is 8.34. The van der Waals surface area contributed by atoms with E-state index in [4.69, 9.17) is 4.74 Å². The molecule has 0 amide bonds. The van der Waals surface area contributed by atoms with Crippen LogP contribution >= 0.6 is 0 Å². The fourth-order valence-corrected chi connectivity index (χ4v) is 4.24. The van der Waals surface area contributed by atoms with Crippen molar-refractivity contribution in [3.05, 3.63) is 35.6 Å². The summed E-state index contributed by atoms with van der Waals surface area (Å²) >= 11 is 0. The molecule has 0 aromatic heterocycles. The van der Waals surface area contributed by atoms with E-state index < -0.39 is 0 Å². The lowest BCUT2D eigenvalue weighted by Gasteiger charge is -2.58. The molecule has 21 heavy (non-hydrogen) atoms. The van der Waals surface area contributed by atoms with Gasteiger partial charge >= 0.3 is 0 Å². The van der Waals surface area contributed by atoms with Crippen LogP contribution in [0.15, 0.2) is 24.3 Å². The largest absolute Gasteiger partial charge is 0.378 e. The molecule has 2 aliphatic rings. The average molecular weight is 291 g/mol. The molecule has 3 rings (SSSR count). The second-order valence-corrected chi connectivity index (χ2v) is 6.54. The van der Waals surface area contributed by atoms with Crippen LogP contribution in [0.4, 0.5) is 4.39 Å². The highest BCUT2D eigenvalue weighted by atomic mass is 19.1. The molecule has 0 bridgehead atoms. The van der Waals surface area contributed by atoms with Gasteiger partial charge in [-0.15, -0.1) is 0 Å². The first-order chi connectivity index (χ1) is 10.2. The van der Waals surface area contributed by atoms with Gasteiger partial charge in [0.2, 0.25) is 0 Å². The van der Waals surface area contributed by atoms with E-state index in [1.807, 2.05) is 6.07 Å². The maximum absolute atomic E-state index is 13.3. The van der Waals surface area contributed by atoms with Gasteiger partial charge in [0, 0.05) is 24.6 Å². The molecule has 116 valence electrons. The molecule has 0 aliphatic heterocycles. The summed E-state index contributed by atoms with van der Waals surface area (Å²) in [5, 5.41) is 3.66.